The van der Waals surface area contributed by atoms with Gasteiger partial charge in [-0.15, -0.1) is 0 Å². The van der Waals surface area contributed by atoms with E-state index >= 15 is 0 Å². The number of ketones is 1. The van der Waals surface area contributed by atoms with E-state index in [2.05, 4.69) is 19.2 Å². The van der Waals surface area contributed by atoms with Crippen LogP contribution >= 0.6 is 0 Å². The highest BCUT2D eigenvalue weighted by Crippen LogP contribution is 2.67. The number of hydrogen-bond donors (Lipinski definition) is 1. The molecule has 1 N–H and O–H groups in total. The minimum Gasteiger partial charge on any atom is -0.356 e. The topological polar surface area (TPSA) is 46.2 Å². The van der Waals surface area contributed by atoms with Crippen LogP contribution in [0, 0.1) is 40.4 Å². The lowest BCUT2D eigenvalue weighted by atomic mass is 9.45. The minimum atomic E-state index is 0.202. The van der Waals surface area contributed by atoms with E-state index in [1.807, 2.05) is 6.92 Å². The molecular formula is C22H35NO2. The van der Waals surface area contributed by atoms with Gasteiger partial charge in [-0.25, -0.2) is 0 Å². The van der Waals surface area contributed by atoms with Gasteiger partial charge in [-0.1, -0.05) is 13.8 Å². The Morgan fingerprint density at radius 3 is 2.56 bits per heavy atom. The number of hydrogen-bond acceptors (Lipinski definition) is 2. The van der Waals surface area contributed by atoms with Crippen LogP contribution in [0.2, 0.25) is 0 Å². The fraction of sp³-hybridized carbons (Fsp3) is 0.909. The molecule has 0 aromatic heterocycles. The molecule has 0 aromatic carbocycles. The number of nitrogens with one attached hydrogen (secondary N) is 1. The molecule has 0 saturated heterocycles. The molecule has 0 spiro atoms. The van der Waals surface area contributed by atoms with Gasteiger partial charge in [0.05, 0.1) is 0 Å². The Morgan fingerprint density at radius 2 is 1.80 bits per heavy atom. The van der Waals surface area contributed by atoms with Crippen LogP contribution in [0.3, 0.4) is 0 Å². The molecule has 3 heteroatoms. The quantitative estimate of drug-likeness (QED) is 0.809. The van der Waals surface area contributed by atoms with E-state index < -0.39 is 0 Å². The van der Waals surface area contributed by atoms with E-state index in [0.29, 0.717) is 28.9 Å². The van der Waals surface area contributed by atoms with Gasteiger partial charge in [0, 0.05) is 25.3 Å². The molecule has 140 valence electrons. The van der Waals surface area contributed by atoms with Gasteiger partial charge >= 0.3 is 0 Å². The van der Waals surface area contributed by atoms with E-state index in [0.717, 1.165) is 44.1 Å². The molecule has 0 aliphatic heterocycles. The Kier molecular flexibility index (Phi) is 4.28. The molecule has 3 nitrogen and oxygen atoms in total. The summed E-state index contributed by atoms with van der Waals surface area (Å²) >= 11 is 0. The normalized spacial score (nSPS) is 49.1. The predicted octanol–water partition coefficient (Wildman–Crippen LogP) is 4.35. The lowest BCUT2D eigenvalue weighted by Gasteiger charge is -2.60. The summed E-state index contributed by atoms with van der Waals surface area (Å²) in [7, 11) is 0. The second-order valence-electron chi connectivity index (χ2n) is 9.97. The summed E-state index contributed by atoms with van der Waals surface area (Å²) in [5.74, 6) is 3.93. The van der Waals surface area contributed by atoms with Gasteiger partial charge in [0.2, 0.25) is 5.91 Å². The third kappa shape index (κ3) is 2.51. The number of amides is 1. The summed E-state index contributed by atoms with van der Waals surface area (Å²) in [5, 5.41) is 3.10. The molecule has 4 fully saturated rings. The van der Waals surface area contributed by atoms with Crippen molar-refractivity contribution in [2.24, 2.45) is 40.4 Å². The van der Waals surface area contributed by atoms with Gasteiger partial charge in [-0.3, -0.25) is 9.59 Å². The second-order valence-corrected chi connectivity index (χ2v) is 9.97. The summed E-state index contributed by atoms with van der Waals surface area (Å²) in [6.45, 7) is 7.69. The highest BCUT2D eigenvalue weighted by molar-refractivity contribution is 5.80. The van der Waals surface area contributed by atoms with Crippen LogP contribution in [0.4, 0.5) is 0 Å². The van der Waals surface area contributed by atoms with Crippen molar-refractivity contribution in [3.05, 3.63) is 0 Å². The molecular weight excluding hydrogens is 310 g/mol. The average Bonchev–Trinajstić information content (AvgIpc) is 2.93. The van der Waals surface area contributed by atoms with Crippen LogP contribution in [-0.2, 0) is 9.59 Å². The lowest BCUT2D eigenvalue weighted by Crippen LogP contribution is -2.54. The Hall–Kier alpha value is -0.860. The summed E-state index contributed by atoms with van der Waals surface area (Å²) in [4.78, 5) is 24.6. The Morgan fingerprint density at radius 1 is 1.04 bits per heavy atom. The van der Waals surface area contributed by atoms with Gasteiger partial charge in [-0.05, 0) is 86.4 Å². The molecule has 4 saturated carbocycles. The van der Waals surface area contributed by atoms with Gasteiger partial charge in [-0.2, -0.15) is 0 Å². The van der Waals surface area contributed by atoms with Crippen molar-refractivity contribution in [2.75, 3.05) is 6.54 Å². The van der Waals surface area contributed by atoms with Crippen molar-refractivity contribution in [2.45, 2.75) is 78.6 Å². The predicted molar refractivity (Wildman–Crippen MR) is 98.9 cm³/mol. The van der Waals surface area contributed by atoms with Gasteiger partial charge in [0.1, 0.15) is 5.78 Å². The van der Waals surface area contributed by atoms with E-state index in [1.54, 1.807) is 0 Å². The Bertz CT molecular complexity index is 572. The van der Waals surface area contributed by atoms with Crippen molar-refractivity contribution in [3.8, 4) is 0 Å². The molecule has 1 amide bonds. The molecule has 25 heavy (non-hydrogen) atoms. The van der Waals surface area contributed by atoms with Crippen LogP contribution in [0.15, 0.2) is 0 Å². The fourth-order valence-corrected chi connectivity index (χ4v) is 7.77. The molecule has 0 bridgehead atoms. The number of Topliss-reactive ketones (excluding diaryl/α,β-unsaturated/α-hetero) is 1. The lowest BCUT2D eigenvalue weighted by molar-refractivity contribution is -0.144. The first kappa shape index (κ1) is 17.5. The van der Waals surface area contributed by atoms with Crippen molar-refractivity contribution >= 4 is 11.7 Å². The average molecular weight is 346 g/mol. The van der Waals surface area contributed by atoms with Gasteiger partial charge in [0.15, 0.2) is 0 Å². The molecule has 0 aromatic rings. The first-order valence-electron chi connectivity index (χ1n) is 10.7. The van der Waals surface area contributed by atoms with Crippen LogP contribution in [0.5, 0.6) is 0 Å². The maximum atomic E-state index is 12.6. The van der Waals surface area contributed by atoms with E-state index in [1.165, 1.54) is 32.1 Å². The Balaban J connectivity index is 1.58. The molecule has 4 aliphatic rings. The molecule has 6 unspecified atom stereocenters. The number of carbonyl (C=O) groups excluding carboxylic acids is 2. The van der Waals surface area contributed by atoms with Crippen molar-refractivity contribution in [3.63, 3.8) is 0 Å². The van der Waals surface area contributed by atoms with Crippen LogP contribution < -0.4 is 5.32 Å². The summed E-state index contributed by atoms with van der Waals surface area (Å²) < 4.78 is 0. The first-order valence-corrected chi connectivity index (χ1v) is 10.7. The maximum Gasteiger partial charge on any atom is 0.223 e. The molecule has 0 radical (unpaired) electrons. The highest BCUT2D eigenvalue weighted by atomic mass is 16.2. The van der Waals surface area contributed by atoms with Crippen LogP contribution in [0.25, 0.3) is 0 Å². The van der Waals surface area contributed by atoms with Crippen LogP contribution in [-0.4, -0.2) is 18.2 Å². The van der Waals surface area contributed by atoms with E-state index in [4.69, 9.17) is 0 Å². The molecule has 4 rings (SSSR count). The zero-order chi connectivity index (χ0) is 17.8. The number of rotatable bonds is 2. The SMILES string of the molecule is CCNC(=O)C1CCC2C3CC[C@@H]4CC(=O)CCC4(C)C3CCC12C. The van der Waals surface area contributed by atoms with E-state index in [9.17, 15) is 9.59 Å². The summed E-state index contributed by atoms with van der Waals surface area (Å²) in [6.07, 6.45) is 10.1. The third-order valence-corrected chi connectivity index (χ3v) is 9.15. The van der Waals surface area contributed by atoms with E-state index in [-0.39, 0.29) is 11.3 Å². The third-order valence-electron chi connectivity index (χ3n) is 9.15. The van der Waals surface area contributed by atoms with Crippen molar-refractivity contribution in [1.29, 1.82) is 0 Å². The number of fused-ring (bicyclic) bond motifs is 5. The van der Waals surface area contributed by atoms with Gasteiger partial charge < -0.3 is 5.32 Å². The summed E-state index contributed by atoms with van der Waals surface area (Å²) in [5.41, 5.74) is 0.579. The largest absolute Gasteiger partial charge is 0.356 e. The molecule has 4 aliphatic carbocycles. The maximum absolute atomic E-state index is 12.6. The second kappa shape index (κ2) is 6.09. The minimum absolute atomic E-state index is 0.202. The van der Waals surface area contributed by atoms with Crippen LogP contribution in [0.1, 0.15) is 78.6 Å². The summed E-state index contributed by atoms with van der Waals surface area (Å²) in [6, 6.07) is 0. The first-order chi connectivity index (χ1) is 11.9. The fourth-order valence-electron chi connectivity index (χ4n) is 7.77. The van der Waals surface area contributed by atoms with Gasteiger partial charge in [0.25, 0.3) is 0 Å². The van der Waals surface area contributed by atoms with Crippen molar-refractivity contribution in [1.82, 2.24) is 5.32 Å². The monoisotopic (exact) mass is 345 g/mol. The zero-order valence-electron chi connectivity index (χ0n) is 16.3. The molecule has 7 atom stereocenters. The zero-order valence-corrected chi connectivity index (χ0v) is 16.3. The standard InChI is InChI=1S/C22H35NO2/c1-4-23-20(25)19-8-7-17-16-6-5-14-13-15(24)9-11-21(14,2)18(16)10-12-22(17,19)3/h14,16-19H,4-13H2,1-3H3,(H,23,25)/t14-,16?,17?,18?,19?,21?,22?/m1/s1. The number of carbonyl (C=O) groups is 2. The Labute approximate surface area is 152 Å². The van der Waals surface area contributed by atoms with Crippen molar-refractivity contribution < 1.29 is 9.59 Å². The molecule has 0 heterocycles. The highest BCUT2D eigenvalue weighted by Gasteiger charge is 2.61. The smallest absolute Gasteiger partial charge is 0.223 e.